The minimum absolute atomic E-state index is 0.0157. The molecule has 2 amide bonds. The molecule has 1 aliphatic rings. The molecule has 0 spiro atoms. The fourth-order valence-electron chi connectivity index (χ4n) is 5.57. The molecule has 3 N–H and O–H groups in total. The number of hydrogen-bond donors (Lipinski definition) is 2. The third kappa shape index (κ3) is 5.52. The fraction of sp³-hybridized carbons (Fsp3) is 0.355. The molecule has 1 aliphatic heterocycles. The lowest BCUT2D eigenvalue weighted by Crippen LogP contribution is -2.46. The topological polar surface area (TPSA) is 75.4 Å². The fourth-order valence-corrected chi connectivity index (χ4v) is 5.57. The van der Waals surface area contributed by atoms with Gasteiger partial charge in [0, 0.05) is 13.5 Å². The van der Waals surface area contributed by atoms with Crippen molar-refractivity contribution in [3.05, 3.63) is 99.1 Å². The molecule has 0 saturated carbocycles. The average Bonchev–Trinajstić information content (AvgIpc) is 2.82. The van der Waals surface area contributed by atoms with Crippen LogP contribution in [0.15, 0.2) is 54.6 Å². The van der Waals surface area contributed by atoms with Gasteiger partial charge in [0.15, 0.2) is 0 Å². The molecule has 1 heterocycles. The van der Waals surface area contributed by atoms with Gasteiger partial charge in [0.25, 0.3) is 0 Å². The minimum Gasteiger partial charge on any atom is -0.348 e. The van der Waals surface area contributed by atoms with Crippen LogP contribution in [-0.4, -0.2) is 24.4 Å². The zero-order chi connectivity index (χ0) is 26.0. The van der Waals surface area contributed by atoms with Crippen molar-refractivity contribution < 1.29 is 9.59 Å². The molecule has 2 atom stereocenters. The van der Waals surface area contributed by atoms with E-state index in [1.54, 1.807) is 6.92 Å². The maximum atomic E-state index is 13.3. The predicted octanol–water partition coefficient (Wildman–Crippen LogP) is 4.99. The number of nitrogens with one attached hydrogen (secondary N) is 1. The minimum atomic E-state index is -0.645. The Morgan fingerprint density at radius 1 is 0.972 bits per heavy atom. The van der Waals surface area contributed by atoms with E-state index >= 15 is 0 Å². The molecule has 36 heavy (non-hydrogen) atoms. The monoisotopic (exact) mass is 483 g/mol. The summed E-state index contributed by atoms with van der Waals surface area (Å²) < 4.78 is 0. The Bertz CT molecular complexity index is 1260. The lowest BCUT2D eigenvalue weighted by atomic mass is 9.89. The van der Waals surface area contributed by atoms with Gasteiger partial charge in [0.1, 0.15) is 0 Å². The molecule has 0 aliphatic carbocycles. The van der Waals surface area contributed by atoms with Crippen molar-refractivity contribution in [1.29, 1.82) is 0 Å². The van der Waals surface area contributed by atoms with Crippen LogP contribution in [-0.2, 0) is 22.4 Å². The normalized spacial score (nSPS) is 15.8. The van der Waals surface area contributed by atoms with Gasteiger partial charge in [-0.1, -0.05) is 60.2 Å². The molecule has 4 rings (SSSR count). The van der Waals surface area contributed by atoms with Crippen LogP contribution in [0, 0.1) is 27.7 Å². The number of rotatable bonds is 6. The van der Waals surface area contributed by atoms with Crippen LogP contribution in [0.2, 0.25) is 0 Å². The van der Waals surface area contributed by atoms with Gasteiger partial charge in [-0.15, -0.1) is 0 Å². The number of fused-ring (bicyclic) bond motifs is 1. The van der Waals surface area contributed by atoms with Crippen LogP contribution in [0.25, 0.3) is 0 Å². The Morgan fingerprint density at radius 2 is 1.64 bits per heavy atom. The molecule has 0 radical (unpaired) electrons. The summed E-state index contributed by atoms with van der Waals surface area (Å²) in [7, 11) is 0. The number of aryl methyl sites for hydroxylation is 4. The van der Waals surface area contributed by atoms with Crippen LogP contribution >= 0.6 is 0 Å². The van der Waals surface area contributed by atoms with E-state index in [1.807, 2.05) is 30.0 Å². The molecule has 188 valence electrons. The number of nitrogens with two attached hydrogens (primary N) is 1. The van der Waals surface area contributed by atoms with E-state index in [2.05, 4.69) is 62.5 Å². The molecule has 0 fully saturated rings. The Morgan fingerprint density at radius 3 is 2.28 bits per heavy atom. The third-order valence-corrected chi connectivity index (χ3v) is 7.23. The SMILES string of the molecule is CC(=O)N1CCC(NC(=O)C(N)Cc2c(C)cc(C)cc2C)c2cc(Cc3ccccc3)cc(C)c21. The highest BCUT2D eigenvalue weighted by atomic mass is 16.2. The first-order chi connectivity index (χ1) is 17.1. The molecule has 3 aromatic rings. The highest BCUT2D eigenvalue weighted by molar-refractivity contribution is 5.94. The van der Waals surface area contributed by atoms with Crippen molar-refractivity contribution in [2.24, 2.45) is 5.73 Å². The molecular formula is C31H37N3O2. The van der Waals surface area contributed by atoms with E-state index in [-0.39, 0.29) is 17.9 Å². The molecular weight excluding hydrogens is 446 g/mol. The molecule has 0 bridgehead atoms. The summed E-state index contributed by atoms with van der Waals surface area (Å²) in [5.41, 5.74) is 16.4. The van der Waals surface area contributed by atoms with Crippen molar-refractivity contribution in [3.8, 4) is 0 Å². The Kier molecular flexibility index (Phi) is 7.60. The maximum Gasteiger partial charge on any atom is 0.237 e. The van der Waals surface area contributed by atoms with Crippen LogP contribution in [0.5, 0.6) is 0 Å². The number of carbonyl (C=O) groups excluding carboxylic acids is 2. The first kappa shape index (κ1) is 25.6. The van der Waals surface area contributed by atoms with E-state index in [0.717, 1.165) is 45.5 Å². The van der Waals surface area contributed by atoms with Crippen molar-refractivity contribution in [2.75, 3.05) is 11.4 Å². The zero-order valence-electron chi connectivity index (χ0n) is 22.0. The summed E-state index contributed by atoms with van der Waals surface area (Å²) in [4.78, 5) is 27.5. The second kappa shape index (κ2) is 10.7. The largest absolute Gasteiger partial charge is 0.348 e. The third-order valence-electron chi connectivity index (χ3n) is 7.23. The van der Waals surface area contributed by atoms with E-state index < -0.39 is 6.04 Å². The van der Waals surface area contributed by atoms with Crippen molar-refractivity contribution in [2.45, 2.75) is 66.0 Å². The first-order valence-corrected chi connectivity index (χ1v) is 12.7. The Hall–Kier alpha value is -3.44. The van der Waals surface area contributed by atoms with Gasteiger partial charge < -0.3 is 16.0 Å². The van der Waals surface area contributed by atoms with E-state index in [4.69, 9.17) is 5.73 Å². The van der Waals surface area contributed by atoms with Crippen LogP contribution in [0.1, 0.15) is 63.9 Å². The van der Waals surface area contributed by atoms with Gasteiger partial charge in [-0.2, -0.15) is 0 Å². The van der Waals surface area contributed by atoms with E-state index in [0.29, 0.717) is 19.4 Å². The number of amides is 2. The van der Waals surface area contributed by atoms with Gasteiger partial charge in [0.05, 0.1) is 17.8 Å². The summed E-state index contributed by atoms with van der Waals surface area (Å²) in [6, 6.07) is 18.1. The summed E-state index contributed by atoms with van der Waals surface area (Å²) in [6.45, 7) is 10.4. The number of nitrogens with zero attached hydrogens (tertiary/aromatic N) is 1. The average molecular weight is 484 g/mol. The second-order valence-electron chi connectivity index (χ2n) is 10.2. The highest BCUT2D eigenvalue weighted by Crippen LogP contribution is 2.38. The number of benzene rings is 3. The predicted molar refractivity (Wildman–Crippen MR) is 146 cm³/mol. The second-order valence-corrected chi connectivity index (χ2v) is 10.2. The Balaban J connectivity index is 1.60. The van der Waals surface area contributed by atoms with Crippen molar-refractivity contribution >= 4 is 17.5 Å². The van der Waals surface area contributed by atoms with E-state index in [1.165, 1.54) is 11.1 Å². The van der Waals surface area contributed by atoms with Gasteiger partial charge in [0.2, 0.25) is 11.8 Å². The smallest absolute Gasteiger partial charge is 0.237 e. The number of hydrogen-bond acceptors (Lipinski definition) is 3. The summed E-state index contributed by atoms with van der Waals surface area (Å²) >= 11 is 0. The number of carbonyl (C=O) groups is 2. The van der Waals surface area contributed by atoms with E-state index in [9.17, 15) is 9.59 Å². The molecule has 0 saturated heterocycles. The molecule has 0 aromatic heterocycles. The Labute approximate surface area is 214 Å². The van der Waals surface area contributed by atoms with Gasteiger partial charge in [-0.05, 0) is 85.9 Å². The van der Waals surface area contributed by atoms with Gasteiger partial charge in [-0.3, -0.25) is 9.59 Å². The van der Waals surface area contributed by atoms with Crippen molar-refractivity contribution in [3.63, 3.8) is 0 Å². The van der Waals surface area contributed by atoms with Crippen molar-refractivity contribution in [1.82, 2.24) is 5.32 Å². The summed E-state index contributed by atoms with van der Waals surface area (Å²) in [5.74, 6) is -0.144. The summed E-state index contributed by atoms with van der Waals surface area (Å²) in [5, 5.41) is 3.22. The maximum absolute atomic E-state index is 13.3. The van der Waals surface area contributed by atoms with Gasteiger partial charge >= 0.3 is 0 Å². The number of anilines is 1. The standard InChI is InChI=1S/C31H37N3O2/c1-19-13-20(2)26(21(3)14-19)18-28(32)31(36)33-29-11-12-34(23(5)35)30-22(4)15-25(17-27(29)30)16-24-9-7-6-8-10-24/h6-10,13-15,17,28-29H,11-12,16,18,32H2,1-5H3,(H,33,36). The van der Waals surface area contributed by atoms with Crippen LogP contribution in [0.4, 0.5) is 5.69 Å². The lowest BCUT2D eigenvalue weighted by molar-refractivity contribution is -0.123. The molecule has 3 aromatic carbocycles. The quantitative estimate of drug-likeness (QED) is 0.518. The highest BCUT2D eigenvalue weighted by Gasteiger charge is 2.31. The molecule has 2 unspecified atom stereocenters. The zero-order valence-corrected chi connectivity index (χ0v) is 22.0. The van der Waals surface area contributed by atoms with Gasteiger partial charge in [-0.25, -0.2) is 0 Å². The van der Waals surface area contributed by atoms with Crippen LogP contribution in [0.3, 0.4) is 0 Å². The molecule has 5 heteroatoms. The lowest BCUT2D eigenvalue weighted by Gasteiger charge is -2.36. The van der Waals surface area contributed by atoms with Crippen LogP contribution < -0.4 is 16.0 Å². The summed E-state index contributed by atoms with van der Waals surface area (Å²) in [6.07, 6.45) is 1.94. The molecule has 5 nitrogen and oxygen atoms in total. The first-order valence-electron chi connectivity index (χ1n) is 12.7.